The highest BCUT2D eigenvalue weighted by Crippen LogP contribution is 2.40. The summed E-state index contributed by atoms with van der Waals surface area (Å²) in [6.07, 6.45) is 1.80. The standard InChI is InChI=1S/C23H25ClFNO4/c1-28-21-10-18(24)5-6-20(21)22(27)26-14-23(15-26)11-17(13-30-23)7-8-29-12-16-3-2-4-19(25)9-16/h2-6,9-10,17H,7-8,11-15H2,1H3. The fourth-order valence-electron chi connectivity index (χ4n) is 4.22. The van der Waals surface area contributed by atoms with Gasteiger partial charge in [-0.1, -0.05) is 23.7 Å². The van der Waals surface area contributed by atoms with Crippen LogP contribution in [-0.4, -0.2) is 49.8 Å². The Hall–Kier alpha value is -2.15. The first kappa shape index (κ1) is 21.1. The van der Waals surface area contributed by atoms with Crippen LogP contribution in [0, 0.1) is 11.7 Å². The highest BCUT2D eigenvalue weighted by Gasteiger charge is 2.51. The molecule has 160 valence electrons. The molecule has 2 fully saturated rings. The first-order chi connectivity index (χ1) is 14.5. The Morgan fingerprint density at radius 1 is 1.30 bits per heavy atom. The zero-order valence-electron chi connectivity index (χ0n) is 16.9. The van der Waals surface area contributed by atoms with Crippen molar-refractivity contribution in [3.63, 3.8) is 0 Å². The first-order valence-corrected chi connectivity index (χ1v) is 10.4. The van der Waals surface area contributed by atoms with Gasteiger partial charge in [0.2, 0.25) is 0 Å². The van der Waals surface area contributed by atoms with Gasteiger partial charge in [-0.25, -0.2) is 4.39 Å². The first-order valence-electron chi connectivity index (χ1n) is 10.1. The molecule has 0 aromatic heterocycles. The molecule has 2 aromatic carbocycles. The molecule has 0 N–H and O–H groups in total. The molecule has 5 nitrogen and oxygen atoms in total. The summed E-state index contributed by atoms with van der Waals surface area (Å²) in [7, 11) is 1.53. The van der Waals surface area contributed by atoms with Crippen LogP contribution >= 0.6 is 11.6 Å². The van der Waals surface area contributed by atoms with Crippen molar-refractivity contribution < 1.29 is 23.4 Å². The topological polar surface area (TPSA) is 48.0 Å². The van der Waals surface area contributed by atoms with Gasteiger partial charge in [-0.3, -0.25) is 4.79 Å². The second-order valence-corrected chi connectivity index (χ2v) is 8.48. The second-order valence-electron chi connectivity index (χ2n) is 8.04. The van der Waals surface area contributed by atoms with E-state index in [1.807, 2.05) is 6.07 Å². The third-order valence-corrected chi connectivity index (χ3v) is 5.99. The van der Waals surface area contributed by atoms with Crippen molar-refractivity contribution in [3.05, 3.63) is 64.4 Å². The van der Waals surface area contributed by atoms with Crippen molar-refractivity contribution in [1.82, 2.24) is 4.90 Å². The molecule has 0 radical (unpaired) electrons. The normalized spacial score (nSPS) is 19.7. The zero-order valence-corrected chi connectivity index (χ0v) is 17.7. The number of halogens is 2. The van der Waals surface area contributed by atoms with Gasteiger partial charge in [-0.2, -0.15) is 0 Å². The summed E-state index contributed by atoms with van der Waals surface area (Å²) in [6.45, 7) is 2.85. The number of nitrogens with zero attached hydrogens (tertiary/aromatic N) is 1. The molecule has 0 saturated carbocycles. The number of amides is 1. The van der Waals surface area contributed by atoms with E-state index in [1.165, 1.54) is 19.2 Å². The number of ether oxygens (including phenoxy) is 3. The van der Waals surface area contributed by atoms with Crippen LogP contribution in [0.3, 0.4) is 0 Å². The summed E-state index contributed by atoms with van der Waals surface area (Å²) < 4.78 is 30.3. The van der Waals surface area contributed by atoms with E-state index in [4.69, 9.17) is 25.8 Å². The van der Waals surface area contributed by atoms with Gasteiger partial charge in [-0.15, -0.1) is 0 Å². The van der Waals surface area contributed by atoms with Crippen LogP contribution in [0.4, 0.5) is 4.39 Å². The van der Waals surface area contributed by atoms with Crippen LogP contribution in [0.15, 0.2) is 42.5 Å². The van der Waals surface area contributed by atoms with Crippen molar-refractivity contribution in [2.24, 2.45) is 5.92 Å². The van der Waals surface area contributed by atoms with Crippen molar-refractivity contribution in [1.29, 1.82) is 0 Å². The monoisotopic (exact) mass is 433 g/mol. The predicted octanol–water partition coefficient (Wildman–Crippen LogP) is 4.33. The van der Waals surface area contributed by atoms with Gasteiger partial charge in [0, 0.05) is 11.6 Å². The number of rotatable bonds is 7. The van der Waals surface area contributed by atoms with Crippen LogP contribution in [0.5, 0.6) is 5.75 Å². The van der Waals surface area contributed by atoms with Gasteiger partial charge in [-0.05, 0) is 54.7 Å². The Morgan fingerprint density at radius 3 is 2.90 bits per heavy atom. The average Bonchev–Trinajstić information content (AvgIpc) is 3.14. The van der Waals surface area contributed by atoms with E-state index in [0.717, 1.165) is 18.4 Å². The quantitative estimate of drug-likeness (QED) is 0.610. The van der Waals surface area contributed by atoms with Gasteiger partial charge >= 0.3 is 0 Å². The lowest BCUT2D eigenvalue weighted by Gasteiger charge is -2.47. The zero-order chi connectivity index (χ0) is 21.1. The van der Waals surface area contributed by atoms with Crippen LogP contribution in [0.2, 0.25) is 5.02 Å². The highest BCUT2D eigenvalue weighted by molar-refractivity contribution is 6.30. The van der Waals surface area contributed by atoms with Crippen LogP contribution in [-0.2, 0) is 16.1 Å². The minimum absolute atomic E-state index is 0.0698. The third kappa shape index (κ3) is 4.61. The van der Waals surface area contributed by atoms with Crippen molar-refractivity contribution in [2.75, 3.05) is 33.4 Å². The SMILES string of the molecule is COc1cc(Cl)ccc1C(=O)N1CC2(CC(CCOCc3cccc(F)c3)CO2)C1. The molecule has 2 saturated heterocycles. The Balaban J connectivity index is 1.22. The Labute approximate surface area is 180 Å². The number of hydrogen-bond donors (Lipinski definition) is 0. The minimum Gasteiger partial charge on any atom is -0.496 e. The average molecular weight is 434 g/mol. The number of methoxy groups -OCH3 is 1. The maximum Gasteiger partial charge on any atom is 0.257 e. The van der Waals surface area contributed by atoms with Crippen molar-refractivity contribution in [2.45, 2.75) is 25.0 Å². The summed E-state index contributed by atoms with van der Waals surface area (Å²) in [6, 6.07) is 11.5. The number of benzene rings is 2. The summed E-state index contributed by atoms with van der Waals surface area (Å²) in [5, 5.41) is 0.532. The third-order valence-electron chi connectivity index (χ3n) is 5.75. The summed E-state index contributed by atoms with van der Waals surface area (Å²) >= 11 is 5.98. The van der Waals surface area contributed by atoms with E-state index in [-0.39, 0.29) is 17.3 Å². The van der Waals surface area contributed by atoms with Crippen molar-refractivity contribution in [3.8, 4) is 5.75 Å². The maximum absolute atomic E-state index is 13.2. The summed E-state index contributed by atoms with van der Waals surface area (Å²) in [5.41, 5.74) is 1.10. The van der Waals surface area contributed by atoms with Gasteiger partial charge in [0.05, 0.1) is 39.0 Å². The molecule has 2 aliphatic rings. The van der Waals surface area contributed by atoms with E-state index < -0.39 is 0 Å². The number of carbonyl (C=O) groups excluding carboxylic acids is 1. The van der Waals surface area contributed by atoms with E-state index in [1.54, 1.807) is 29.2 Å². The maximum atomic E-state index is 13.2. The lowest BCUT2D eigenvalue weighted by molar-refractivity contribution is -0.0951. The molecule has 30 heavy (non-hydrogen) atoms. The lowest BCUT2D eigenvalue weighted by Crippen LogP contribution is -2.63. The molecule has 0 aliphatic carbocycles. The Morgan fingerprint density at radius 2 is 2.13 bits per heavy atom. The van der Waals surface area contributed by atoms with E-state index in [9.17, 15) is 9.18 Å². The second kappa shape index (κ2) is 8.92. The van der Waals surface area contributed by atoms with E-state index in [2.05, 4.69) is 0 Å². The molecule has 1 unspecified atom stereocenters. The van der Waals surface area contributed by atoms with E-state index >= 15 is 0 Å². The van der Waals surface area contributed by atoms with Gasteiger partial charge < -0.3 is 19.1 Å². The van der Waals surface area contributed by atoms with E-state index in [0.29, 0.717) is 55.2 Å². The largest absolute Gasteiger partial charge is 0.496 e. The number of hydrogen-bond acceptors (Lipinski definition) is 4. The molecule has 4 rings (SSSR count). The van der Waals surface area contributed by atoms with Crippen molar-refractivity contribution >= 4 is 17.5 Å². The number of likely N-dealkylation sites (tertiary alicyclic amines) is 1. The molecule has 2 aromatic rings. The van der Waals surface area contributed by atoms with Gasteiger partial charge in [0.1, 0.15) is 17.2 Å². The molecular formula is C23H25ClFNO4. The molecule has 7 heteroatoms. The molecular weight excluding hydrogens is 409 g/mol. The number of carbonyl (C=O) groups is 1. The Kier molecular flexibility index (Phi) is 6.27. The smallest absolute Gasteiger partial charge is 0.257 e. The molecule has 2 heterocycles. The van der Waals surface area contributed by atoms with Crippen LogP contribution in [0.1, 0.15) is 28.8 Å². The fourth-order valence-corrected chi connectivity index (χ4v) is 4.38. The van der Waals surface area contributed by atoms with Gasteiger partial charge in [0.25, 0.3) is 5.91 Å². The van der Waals surface area contributed by atoms with Gasteiger partial charge in [0.15, 0.2) is 0 Å². The molecule has 1 atom stereocenters. The molecule has 1 amide bonds. The van der Waals surface area contributed by atoms with Crippen LogP contribution < -0.4 is 4.74 Å². The Bertz CT molecular complexity index is 916. The summed E-state index contributed by atoms with van der Waals surface area (Å²) in [5.74, 6) is 0.566. The highest BCUT2D eigenvalue weighted by atomic mass is 35.5. The predicted molar refractivity (Wildman–Crippen MR) is 111 cm³/mol. The molecule has 0 bridgehead atoms. The summed E-state index contributed by atoms with van der Waals surface area (Å²) in [4.78, 5) is 14.6. The fraction of sp³-hybridized carbons (Fsp3) is 0.435. The lowest BCUT2D eigenvalue weighted by atomic mass is 9.85. The molecule has 2 aliphatic heterocycles. The minimum atomic E-state index is -0.248. The molecule has 1 spiro atoms. The van der Waals surface area contributed by atoms with Crippen LogP contribution in [0.25, 0.3) is 0 Å².